The molecule has 140 valence electrons. The number of hydrogen-bond acceptors (Lipinski definition) is 3. The van der Waals surface area contributed by atoms with Crippen molar-refractivity contribution in [1.29, 1.82) is 0 Å². The van der Waals surface area contributed by atoms with Crippen LogP contribution in [0.3, 0.4) is 0 Å². The molecule has 25 heavy (non-hydrogen) atoms. The fraction of sp³-hybridized carbons (Fsp3) is 0.611. The molecule has 2 atom stereocenters. The first-order valence-corrected chi connectivity index (χ1v) is 10.7. The summed E-state index contributed by atoms with van der Waals surface area (Å²) >= 11 is 6.17. The third-order valence-electron chi connectivity index (χ3n) is 4.95. The lowest BCUT2D eigenvalue weighted by molar-refractivity contribution is 0.0910. The van der Waals surface area contributed by atoms with Gasteiger partial charge in [-0.1, -0.05) is 45.2 Å². The zero-order valence-electron chi connectivity index (χ0n) is 15.1. The van der Waals surface area contributed by atoms with Crippen molar-refractivity contribution in [3.05, 3.63) is 28.8 Å². The number of halogens is 1. The Hall–Kier alpha value is -1.11. The van der Waals surface area contributed by atoms with Crippen LogP contribution in [0.25, 0.3) is 0 Å². The highest BCUT2D eigenvalue weighted by atomic mass is 35.5. The molecule has 5 nitrogen and oxygen atoms in total. The first-order valence-electron chi connectivity index (χ1n) is 8.91. The summed E-state index contributed by atoms with van der Waals surface area (Å²) in [6.45, 7) is 6.46. The van der Waals surface area contributed by atoms with E-state index in [9.17, 15) is 13.2 Å². The van der Waals surface area contributed by atoms with Gasteiger partial charge in [0.1, 0.15) is 0 Å². The van der Waals surface area contributed by atoms with Gasteiger partial charge in [-0.05, 0) is 37.0 Å². The maximum Gasteiger partial charge on any atom is 0.253 e. The summed E-state index contributed by atoms with van der Waals surface area (Å²) < 4.78 is 26.7. The predicted octanol–water partition coefficient (Wildman–Crippen LogP) is 3.68. The minimum atomic E-state index is -3.62. The van der Waals surface area contributed by atoms with Crippen molar-refractivity contribution in [2.45, 2.75) is 57.4 Å². The summed E-state index contributed by atoms with van der Waals surface area (Å²) in [4.78, 5) is 12.8. The summed E-state index contributed by atoms with van der Waals surface area (Å²) in [5.74, 6) is 0.111. The summed E-state index contributed by atoms with van der Waals surface area (Å²) in [6.07, 6.45) is 4.32. The number of carbonyl (C=O) groups is 1. The topological polar surface area (TPSA) is 66.5 Å². The number of nitrogens with zero attached hydrogens (tertiary/aromatic N) is 1. The summed E-state index contributed by atoms with van der Waals surface area (Å²) in [7, 11) is -3.62. The van der Waals surface area contributed by atoms with Gasteiger partial charge in [-0.2, -0.15) is 4.31 Å². The van der Waals surface area contributed by atoms with E-state index in [0.717, 1.165) is 19.3 Å². The minimum Gasteiger partial charge on any atom is -0.349 e. The van der Waals surface area contributed by atoms with Crippen LogP contribution in [0.1, 0.15) is 56.8 Å². The molecule has 0 bridgehead atoms. The molecule has 2 rings (SSSR count). The Kier molecular flexibility index (Phi) is 6.88. The molecule has 7 heteroatoms. The van der Waals surface area contributed by atoms with Gasteiger partial charge in [0.05, 0.1) is 15.5 Å². The summed E-state index contributed by atoms with van der Waals surface area (Å²) in [6, 6.07) is 4.44. The van der Waals surface area contributed by atoms with Gasteiger partial charge in [-0.3, -0.25) is 4.79 Å². The van der Waals surface area contributed by atoms with Crippen LogP contribution >= 0.6 is 11.6 Å². The van der Waals surface area contributed by atoms with E-state index in [4.69, 9.17) is 11.6 Å². The van der Waals surface area contributed by atoms with Gasteiger partial charge >= 0.3 is 0 Å². The van der Waals surface area contributed by atoms with Gasteiger partial charge in [0.15, 0.2) is 0 Å². The van der Waals surface area contributed by atoms with Crippen LogP contribution in [0.4, 0.5) is 0 Å². The second-order valence-electron chi connectivity index (χ2n) is 6.57. The molecule has 0 spiro atoms. The molecule has 1 aromatic carbocycles. The molecule has 2 unspecified atom stereocenters. The SMILES string of the molecule is CCN(CC)S(=O)(=O)c1ccc(Cl)c(C(=O)NC2CCCCC2C)c1. The van der Waals surface area contributed by atoms with Crippen LogP contribution in [0.5, 0.6) is 0 Å². The quantitative estimate of drug-likeness (QED) is 0.810. The Balaban J connectivity index is 2.28. The number of sulfonamides is 1. The summed E-state index contributed by atoms with van der Waals surface area (Å²) in [5.41, 5.74) is 0.215. The molecule has 1 amide bonds. The second-order valence-corrected chi connectivity index (χ2v) is 8.92. The van der Waals surface area contributed by atoms with Crippen molar-refractivity contribution in [3.63, 3.8) is 0 Å². The second kappa shape index (κ2) is 8.52. The molecule has 1 aliphatic carbocycles. The van der Waals surface area contributed by atoms with E-state index in [1.54, 1.807) is 13.8 Å². The Labute approximate surface area is 155 Å². The number of amides is 1. The number of nitrogens with one attached hydrogen (secondary N) is 1. The molecule has 1 N–H and O–H groups in total. The monoisotopic (exact) mass is 386 g/mol. The average molecular weight is 387 g/mol. The van der Waals surface area contributed by atoms with Crippen molar-refractivity contribution in [2.24, 2.45) is 5.92 Å². The summed E-state index contributed by atoms with van der Waals surface area (Å²) in [5, 5.41) is 3.29. The van der Waals surface area contributed by atoms with Gasteiger partial charge in [0.2, 0.25) is 10.0 Å². The molecular formula is C18H27ClN2O3S. The van der Waals surface area contributed by atoms with Crippen molar-refractivity contribution < 1.29 is 13.2 Å². The highest BCUT2D eigenvalue weighted by Crippen LogP contribution is 2.26. The molecule has 1 fully saturated rings. The van der Waals surface area contributed by atoms with E-state index in [1.165, 1.54) is 28.9 Å². The van der Waals surface area contributed by atoms with Gasteiger partial charge in [-0.15, -0.1) is 0 Å². The minimum absolute atomic E-state index is 0.0995. The molecule has 1 aromatic rings. The van der Waals surface area contributed by atoms with Crippen molar-refractivity contribution >= 4 is 27.5 Å². The Morgan fingerprint density at radius 2 is 1.88 bits per heavy atom. The third-order valence-corrected chi connectivity index (χ3v) is 7.33. The zero-order valence-corrected chi connectivity index (χ0v) is 16.7. The van der Waals surface area contributed by atoms with Gasteiger partial charge in [0.25, 0.3) is 5.91 Å². The normalized spacial score (nSPS) is 21.3. The van der Waals surface area contributed by atoms with Gasteiger partial charge in [-0.25, -0.2) is 8.42 Å². The van der Waals surface area contributed by atoms with E-state index in [0.29, 0.717) is 19.0 Å². The van der Waals surface area contributed by atoms with Crippen LogP contribution in [-0.4, -0.2) is 37.8 Å². The highest BCUT2D eigenvalue weighted by molar-refractivity contribution is 7.89. The van der Waals surface area contributed by atoms with E-state index < -0.39 is 10.0 Å². The van der Waals surface area contributed by atoms with Gasteiger partial charge in [0, 0.05) is 19.1 Å². The van der Waals surface area contributed by atoms with E-state index in [1.807, 2.05) is 0 Å². The van der Waals surface area contributed by atoms with Gasteiger partial charge < -0.3 is 5.32 Å². The third kappa shape index (κ3) is 4.54. The maximum absolute atomic E-state index is 12.7. The van der Waals surface area contributed by atoms with Crippen LogP contribution in [0.2, 0.25) is 5.02 Å². The molecule has 0 aliphatic heterocycles. The number of carbonyl (C=O) groups excluding carboxylic acids is 1. The molecular weight excluding hydrogens is 360 g/mol. The first-order chi connectivity index (χ1) is 11.8. The molecule has 0 saturated heterocycles. The van der Waals surface area contributed by atoms with Crippen molar-refractivity contribution in [1.82, 2.24) is 9.62 Å². The Morgan fingerprint density at radius 1 is 1.24 bits per heavy atom. The standard InChI is InChI=1S/C18H27ClN2O3S/c1-4-21(5-2)25(23,24)14-10-11-16(19)15(12-14)18(22)20-17-9-7-6-8-13(17)3/h10-13,17H,4-9H2,1-3H3,(H,20,22). The molecule has 0 aromatic heterocycles. The van der Waals surface area contributed by atoms with Crippen LogP contribution in [0.15, 0.2) is 23.1 Å². The smallest absolute Gasteiger partial charge is 0.253 e. The maximum atomic E-state index is 12.7. The van der Waals surface area contributed by atoms with Crippen LogP contribution < -0.4 is 5.32 Å². The predicted molar refractivity (Wildman–Crippen MR) is 100 cm³/mol. The van der Waals surface area contributed by atoms with Crippen LogP contribution in [0, 0.1) is 5.92 Å². The first kappa shape index (κ1) is 20.2. The zero-order chi connectivity index (χ0) is 18.6. The number of benzene rings is 1. The fourth-order valence-corrected chi connectivity index (χ4v) is 5.02. The fourth-order valence-electron chi connectivity index (χ4n) is 3.33. The highest BCUT2D eigenvalue weighted by Gasteiger charge is 2.26. The molecule has 1 aliphatic rings. The molecule has 0 radical (unpaired) electrons. The number of rotatable bonds is 6. The lowest BCUT2D eigenvalue weighted by Gasteiger charge is -2.29. The lowest BCUT2D eigenvalue weighted by Crippen LogP contribution is -2.41. The van der Waals surface area contributed by atoms with Crippen LogP contribution in [-0.2, 0) is 10.0 Å². The Morgan fingerprint density at radius 3 is 2.48 bits per heavy atom. The van der Waals surface area contributed by atoms with E-state index >= 15 is 0 Å². The number of hydrogen-bond donors (Lipinski definition) is 1. The molecule has 1 saturated carbocycles. The lowest BCUT2D eigenvalue weighted by atomic mass is 9.86. The largest absolute Gasteiger partial charge is 0.349 e. The van der Waals surface area contributed by atoms with Crippen molar-refractivity contribution in [3.8, 4) is 0 Å². The average Bonchev–Trinajstić information content (AvgIpc) is 2.58. The Bertz CT molecular complexity index is 717. The van der Waals surface area contributed by atoms with E-state index in [2.05, 4.69) is 12.2 Å². The molecule has 0 heterocycles. The van der Waals surface area contributed by atoms with Crippen molar-refractivity contribution in [2.75, 3.05) is 13.1 Å². The van der Waals surface area contributed by atoms with E-state index in [-0.39, 0.29) is 27.4 Å².